The van der Waals surface area contributed by atoms with E-state index >= 15 is 0 Å². The molecule has 0 radical (unpaired) electrons. The number of aromatic nitrogens is 2. The maximum Gasteiger partial charge on any atom is 0.160 e. The SMILES string of the molecule is c1ccc2c(c#1)C1CC=CC=C1C21C2=C(C(c3ccc(-c4ccc(-c5nc(-c6ccccc6)cc(-c6ccccc6)n5)cc4)cc3)=CC=CC2)c2ccccc21. The Morgan fingerprint density at radius 2 is 1.18 bits per heavy atom. The van der Waals surface area contributed by atoms with Crippen LogP contribution in [0.25, 0.3) is 56.2 Å². The largest absolute Gasteiger partial charge is 0.228 e. The second-order valence-electron chi connectivity index (χ2n) is 15.0. The highest BCUT2D eigenvalue weighted by molar-refractivity contribution is 6.12. The van der Waals surface area contributed by atoms with Gasteiger partial charge in [-0.2, -0.15) is 0 Å². The Morgan fingerprint density at radius 1 is 0.554 bits per heavy atom. The Morgan fingerprint density at radius 3 is 1.89 bits per heavy atom. The third-order valence-corrected chi connectivity index (χ3v) is 12.1. The van der Waals surface area contributed by atoms with Crippen LogP contribution in [0.5, 0.6) is 0 Å². The van der Waals surface area contributed by atoms with Gasteiger partial charge < -0.3 is 0 Å². The van der Waals surface area contributed by atoms with E-state index < -0.39 is 0 Å². The van der Waals surface area contributed by atoms with Crippen LogP contribution in [-0.2, 0) is 5.41 Å². The normalized spacial score (nSPS) is 18.7. The van der Waals surface area contributed by atoms with Crippen LogP contribution in [0.3, 0.4) is 0 Å². The zero-order chi connectivity index (χ0) is 37.1. The minimum atomic E-state index is -0.302. The van der Waals surface area contributed by atoms with Gasteiger partial charge >= 0.3 is 0 Å². The summed E-state index contributed by atoms with van der Waals surface area (Å²) in [5, 5.41) is 0. The van der Waals surface area contributed by atoms with E-state index in [1.54, 1.807) is 0 Å². The van der Waals surface area contributed by atoms with Crippen molar-refractivity contribution in [3.63, 3.8) is 0 Å². The van der Waals surface area contributed by atoms with Crippen molar-refractivity contribution in [2.75, 3.05) is 0 Å². The van der Waals surface area contributed by atoms with Crippen LogP contribution < -0.4 is 0 Å². The van der Waals surface area contributed by atoms with Crippen LogP contribution in [0, 0.1) is 12.1 Å². The molecule has 56 heavy (non-hydrogen) atoms. The van der Waals surface area contributed by atoms with Crippen molar-refractivity contribution in [3.05, 3.63) is 239 Å². The van der Waals surface area contributed by atoms with E-state index in [2.05, 4.69) is 188 Å². The summed E-state index contributed by atoms with van der Waals surface area (Å²) in [4.78, 5) is 10.1. The number of hydrogen-bond donors (Lipinski definition) is 0. The lowest BCUT2D eigenvalue weighted by Crippen LogP contribution is -2.28. The van der Waals surface area contributed by atoms with Crippen molar-refractivity contribution in [2.45, 2.75) is 24.2 Å². The van der Waals surface area contributed by atoms with Gasteiger partial charge in [0.15, 0.2) is 5.82 Å². The van der Waals surface area contributed by atoms with Crippen molar-refractivity contribution in [1.29, 1.82) is 0 Å². The molecule has 2 nitrogen and oxygen atoms in total. The van der Waals surface area contributed by atoms with Crippen molar-refractivity contribution in [3.8, 4) is 45.0 Å². The van der Waals surface area contributed by atoms with Gasteiger partial charge in [-0.05, 0) is 86.7 Å². The number of hydrogen-bond acceptors (Lipinski definition) is 2. The molecule has 0 amide bonds. The van der Waals surface area contributed by atoms with Gasteiger partial charge in [0.25, 0.3) is 0 Å². The molecule has 7 aromatic rings. The maximum atomic E-state index is 5.04. The fourth-order valence-corrected chi connectivity index (χ4v) is 9.61. The van der Waals surface area contributed by atoms with Gasteiger partial charge in [0.2, 0.25) is 0 Å². The number of allylic oxidation sites excluding steroid dienone is 10. The summed E-state index contributed by atoms with van der Waals surface area (Å²) in [6.45, 7) is 0. The monoisotopic (exact) mass is 712 g/mol. The van der Waals surface area contributed by atoms with Gasteiger partial charge in [0, 0.05) is 28.2 Å². The molecule has 0 bridgehead atoms. The number of nitrogens with zero attached hydrogens (tertiary/aromatic N) is 2. The van der Waals surface area contributed by atoms with E-state index in [0.717, 1.165) is 46.5 Å². The van der Waals surface area contributed by atoms with Gasteiger partial charge in [-0.1, -0.05) is 182 Å². The number of benzene rings is 5. The van der Waals surface area contributed by atoms with Crippen LogP contribution in [0.1, 0.15) is 46.6 Å². The zero-order valence-corrected chi connectivity index (χ0v) is 30.8. The summed E-state index contributed by atoms with van der Waals surface area (Å²) in [6, 6.07) is 60.9. The molecule has 0 saturated carbocycles. The van der Waals surface area contributed by atoms with E-state index in [4.69, 9.17) is 9.97 Å². The molecule has 6 aromatic carbocycles. The summed E-state index contributed by atoms with van der Waals surface area (Å²) >= 11 is 0. The quantitative estimate of drug-likeness (QED) is 0.178. The minimum Gasteiger partial charge on any atom is -0.228 e. The highest BCUT2D eigenvalue weighted by Gasteiger charge is 2.56. The van der Waals surface area contributed by atoms with E-state index in [-0.39, 0.29) is 5.41 Å². The van der Waals surface area contributed by atoms with Crippen LogP contribution >= 0.6 is 0 Å². The molecule has 0 aliphatic heterocycles. The van der Waals surface area contributed by atoms with E-state index in [9.17, 15) is 0 Å². The first-order chi connectivity index (χ1) is 27.8. The highest BCUT2D eigenvalue weighted by atomic mass is 14.9. The topological polar surface area (TPSA) is 25.8 Å². The fourth-order valence-electron chi connectivity index (χ4n) is 9.61. The fraction of sp³-hybridized carbons (Fsp3) is 0.0741. The average molecular weight is 713 g/mol. The van der Waals surface area contributed by atoms with E-state index in [0.29, 0.717) is 11.7 Å². The third kappa shape index (κ3) is 4.98. The molecule has 4 aliphatic carbocycles. The molecule has 0 N–H and O–H groups in total. The summed E-state index contributed by atoms with van der Waals surface area (Å²) in [5.41, 5.74) is 19.2. The Labute approximate surface area is 328 Å². The standard InChI is InChI=1S/C54H36N2/c1-3-15-39(16-4-1)50-35-51(40-17-5-2-6-18-40)56-53(55-50)41-33-29-37(30-34-41)36-27-31-38(32-28-36)42-19-7-14-26-49-52(42)45-22-10-13-25-48(45)54(49)46-23-11-8-20-43(46)44-21-9-12-24-47(44)54/h1-8,10-19,22-25,27-35,43H,20,26H2. The summed E-state index contributed by atoms with van der Waals surface area (Å²) < 4.78 is 0. The Balaban J connectivity index is 0.960. The average Bonchev–Trinajstić information content (AvgIpc) is 3.62. The molecule has 4 aliphatic rings. The van der Waals surface area contributed by atoms with Crippen molar-refractivity contribution < 1.29 is 0 Å². The lowest BCUT2D eigenvalue weighted by Gasteiger charge is -2.34. The first-order valence-corrected chi connectivity index (χ1v) is 19.5. The van der Waals surface area contributed by atoms with Crippen molar-refractivity contribution >= 4 is 11.1 Å². The van der Waals surface area contributed by atoms with Crippen LogP contribution in [0.2, 0.25) is 0 Å². The zero-order valence-electron chi connectivity index (χ0n) is 30.8. The maximum absolute atomic E-state index is 5.04. The highest BCUT2D eigenvalue weighted by Crippen LogP contribution is 2.66. The van der Waals surface area contributed by atoms with E-state index in [1.807, 2.05) is 12.1 Å². The van der Waals surface area contributed by atoms with Gasteiger partial charge in [-0.3, -0.25) is 0 Å². The molecule has 2 atom stereocenters. The summed E-state index contributed by atoms with van der Waals surface area (Å²) in [5.74, 6) is 1.04. The van der Waals surface area contributed by atoms with Crippen LogP contribution in [0.15, 0.2) is 199 Å². The first-order valence-electron chi connectivity index (χ1n) is 19.5. The molecule has 0 saturated heterocycles. The van der Waals surface area contributed by atoms with Crippen molar-refractivity contribution in [2.24, 2.45) is 0 Å². The van der Waals surface area contributed by atoms with Gasteiger partial charge in [-0.15, -0.1) is 0 Å². The Hall–Kier alpha value is -7.08. The lowest BCUT2D eigenvalue weighted by atomic mass is 9.67. The lowest BCUT2D eigenvalue weighted by molar-refractivity contribution is 0.681. The van der Waals surface area contributed by atoms with Crippen LogP contribution in [0.4, 0.5) is 0 Å². The van der Waals surface area contributed by atoms with Gasteiger partial charge in [-0.25, -0.2) is 9.97 Å². The third-order valence-electron chi connectivity index (χ3n) is 12.1. The Kier molecular flexibility index (Phi) is 7.54. The van der Waals surface area contributed by atoms with Crippen LogP contribution in [-0.4, -0.2) is 9.97 Å². The van der Waals surface area contributed by atoms with Crippen molar-refractivity contribution in [1.82, 2.24) is 9.97 Å². The van der Waals surface area contributed by atoms with Gasteiger partial charge in [0.1, 0.15) is 0 Å². The van der Waals surface area contributed by atoms with Gasteiger partial charge in [0.05, 0.1) is 16.8 Å². The number of fused-ring (bicyclic) bond motifs is 9. The smallest absolute Gasteiger partial charge is 0.160 e. The molecule has 2 unspecified atom stereocenters. The number of rotatable bonds is 5. The predicted molar refractivity (Wildman–Crippen MR) is 228 cm³/mol. The summed E-state index contributed by atoms with van der Waals surface area (Å²) in [7, 11) is 0. The Bertz CT molecular complexity index is 2760. The molecular weight excluding hydrogens is 677 g/mol. The van der Waals surface area contributed by atoms with E-state index in [1.165, 1.54) is 55.7 Å². The molecule has 1 heterocycles. The predicted octanol–water partition coefficient (Wildman–Crippen LogP) is 12.8. The minimum absolute atomic E-state index is 0.302. The molecule has 11 rings (SSSR count). The molecule has 1 spiro atoms. The molecule has 0 fully saturated rings. The molecule has 2 heteroatoms. The second-order valence-corrected chi connectivity index (χ2v) is 15.0. The molecule has 262 valence electrons. The summed E-state index contributed by atoms with van der Waals surface area (Å²) in [6.07, 6.45) is 15.8. The molecular formula is C54H36N2. The second kappa shape index (κ2) is 13.0. The molecule has 1 aromatic heterocycles. The first kappa shape index (κ1) is 32.4.